The van der Waals surface area contributed by atoms with Gasteiger partial charge in [-0.1, -0.05) is 6.42 Å². The molecule has 2 aliphatic heterocycles. The highest BCUT2D eigenvalue weighted by atomic mass is 16.2. The number of carbonyl (C=O) groups is 1. The summed E-state index contributed by atoms with van der Waals surface area (Å²) in [6.45, 7) is 1.75. The summed E-state index contributed by atoms with van der Waals surface area (Å²) in [4.78, 5) is 15.7. The maximum atomic E-state index is 11.5. The number of urea groups is 1. The summed E-state index contributed by atoms with van der Waals surface area (Å²) < 4.78 is 0. The molecule has 0 aliphatic carbocycles. The molecule has 0 spiro atoms. The number of fused-ring (bicyclic) bond motifs is 2. The van der Waals surface area contributed by atoms with Gasteiger partial charge in [0, 0.05) is 45.3 Å². The van der Waals surface area contributed by atoms with Crippen LogP contribution in [0.3, 0.4) is 0 Å². The minimum absolute atomic E-state index is 0.00951. The van der Waals surface area contributed by atoms with Gasteiger partial charge in [-0.3, -0.25) is 4.90 Å². The number of hydrogen-bond donors (Lipinski definition) is 2. The minimum Gasteiger partial charge on any atom is -0.337 e. The Morgan fingerprint density at radius 2 is 1.89 bits per heavy atom. The fourth-order valence-corrected chi connectivity index (χ4v) is 3.53. The van der Waals surface area contributed by atoms with E-state index in [9.17, 15) is 4.79 Å². The summed E-state index contributed by atoms with van der Waals surface area (Å²) in [5, 5.41) is 6.41. The van der Waals surface area contributed by atoms with Gasteiger partial charge in [0.1, 0.15) is 0 Å². The van der Waals surface area contributed by atoms with E-state index >= 15 is 0 Å². The lowest BCUT2D eigenvalue weighted by Gasteiger charge is -2.49. The van der Waals surface area contributed by atoms with Crippen molar-refractivity contribution in [1.29, 1.82) is 0 Å². The molecule has 0 saturated carbocycles. The van der Waals surface area contributed by atoms with Gasteiger partial charge >= 0.3 is 6.03 Å². The zero-order valence-corrected chi connectivity index (χ0v) is 12.5. The van der Waals surface area contributed by atoms with Gasteiger partial charge in [-0.15, -0.1) is 0 Å². The minimum atomic E-state index is 0.00951. The zero-order chi connectivity index (χ0) is 13.8. The van der Waals surface area contributed by atoms with E-state index in [1.165, 1.54) is 32.1 Å². The standard InChI is InChI=1S/C14H28N4O/c1-15-11-9-12-5-4-6-13(10-11)18(12)8-7-16-14(19)17(2)3/h11-13,15H,4-10H2,1-3H3,(H,16,19). The van der Waals surface area contributed by atoms with Crippen molar-refractivity contribution in [3.63, 3.8) is 0 Å². The first-order valence-electron chi connectivity index (χ1n) is 7.50. The molecule has 0 aromatic carbocycles. The van der Waals surface area contributed by atoms with E-state index in [0.29, 0.717) is 18.1 Å². The van der Waals surface area contributed by atoms with Crippen molar-refractivity contribution in [2.75, 3.05) is 34.2 Å². The highest BCUT2D eigenvalue weighted by Gasteiger charge is 2.37. The Bertz CT molecular complexity index is 294. The fraction of sp³-hybridized carbons (Fsp3) is 0.929. The van der Waals surface area contributed by atoms with Crippen molar-refractivity contribution in [3.05, 3.63) is 0 Å². The number of rotatable bonds is 4. The molecule has 110 valence electrons. The summed E-state index contributed by atoms with van der Waals surface area (Å²) in [5.41, 5.74) is 0. The summed E-state index contributed by atoms with van der Waals surface area (Å²) in [7, 11) is 5.64. The van der Waals surface area contributed by atoms with Crippen molar-refractivity contribution >= 4 is 6.03 Å². The highest BCUT2D eigenvalue weighted by molar-refractivity contribution is 5.73. The quantitative estimate of drug-likeness (QED) is 0.795. The molecule has 2 unspecified atom stereocenters. The molecular formula is C14H28N4O. The maximum Gasteiger partial charge on any atom is 0.316 e. The molecule has 0 radical (unpaired) electrons. The van der Waals surface area contributed by atoms with Gasteiger partial charge in [0.15, 0.2) is 0 Å². The number of nitrogens with one attached hydrogen (secondary N) is 2. The van der Waals surface area contributed by atoms with Crippen LogP contribution in [0.4, 0.5) is 4.79 Å². The fourth-order valence-electron chi connectivity index (χ4n) is 3.53. The van der Waals surface area contributed by atoms with E-state index in [-0.39, 0.29) is 6.03 Å². The third kappa shape index (κ3) is 3.60. The molecule has 2 N–H and O–H groups in total. The molecule has 19 heavy (non-hydrogen) atoms. The lowest BCUT2D eigenvalue weighted by molar-refractivity contribution is 0.0274. The Balaban J connectivity index is 1.81. The van der Waals surface area contributed by atoms with Crippen LogP contribution in [0.2, 0.25) is 0 Å². The number of amides is 2. The van der Waals surface area contributed by atoms with Crippen LogP contribution in [0.15, 0.2) is 0 Å². The second-order valence-corrected chi connectivity index (χ2v) is 6.06. The van der Waals surface area contributed by atoms with Crippen LogP contribution in [0.5, 0.6) is 0 Å². The van der Waals surface area contributed by atoms with Crippen LogP contribution in [0.1, 0.15) is 32.1 Å². The number of hydrogen-bond acceptors (Lipinski definition) is 3. The molecule has 2 aliphatic rings. The summed E-state index contributed by atoms with van der Waals surface area (Å²) in [5.74, 6) is 0. The summed E-state index contributed by atoms with van der Waals surface area (Å²) in [6.07, 6.45) is 6.52. The van der Waals surface area contributed by atoms with Crippen molar-refractivity contribution in [2.24, 2.45) is 0 Å². The molecule has 2 rings (SSSR count). The van der Waals surface area contributed by atoms with E-state index in [1.807, 2.05) is 0 Å². The summed E-state index contributed by atoms with van der Waals surface area (Å²) >= 11 is 0. The predicted octanol–water partition coefficient (Wildman–Crippen LogP) is 0.863. The Kier molecular flexibility index (Phi) is 5.05. The normalized spacial score (nSPS) is 31.0. The van der Waals surface area contributed by atoms with E-state index in [2.05, 4.69) is 22.6 Å². The predicted molar refractivity (Wildman–Crippen MR) is 77.3 cm³/mol. The highest BCUT2D eigenvalue weighted by Crippen LogP contribution is 2.33. The smallest absolute Gasteiger partial charge is 0.316 e. The van der Waals surface area contributed by atoms with Crippen LogP contribution < -0.4 is 10.6 Å². The first-order valence-corrected chi connectivity index (χ1v) is 7.50. The molecule has 0 aromatic heterocycles. The molecule has 5 nitrogen and oxygen atoms in total. The Labute approximate surface area is 116 Å². The van der Waals surface area contributed by atoms with Gasteiger partial charge in [0.05, 0.1) is 0 Å². The molecule has 2 amide bonds. The van der Waals surface area contributed by atoms with Gasteiger partial charge in [0.2, 0.25) is 0 Å². The molecule has 2 saturated heterocycles. The van der Waals surface area contributed by atoms with Crippen LogP contribution >= 0.6 is 0 Å². The van der Waals surface area contributed by atoms with Crippen LogP contribution in [0.25, 0.3) is 0 Å². The SMILES string of the molecule is CNC1CC2CCCC(C1)N2CCNC(=O)N(C)C. The van der Waals surface area contributed by atoms with Gasteiger partial charge < -0.3 is 15.5 Å². The van der Waals surface area contributed by atoms with Crippen molar-refractivity contribution in [1.82, 2.24) is 20.4 Å². The van der Waals surface area contributed by atoms with E-state index in [1.54, 1.807) is 19.0 Å². The Morgan fingerprint density at radius 1 is 1.26 bits per heavy atom. The largest absolute Gasteiger partial charge is 0.337 e. The van der Waals surface area contributed by atoms with Crippen molar-refractivity contribution in [3.8, 4) is 0 Å². The monoisotopic (exact) mass is 268 g/mol. The zero-order valence-electron chi connectivity index (χ0n) is 12.5. The first kappa shape index (κ1) is 14.6. The van der Waals surface area contributed by atoms with Crippen LogP contribution in [0, 0.1) is 0 Å². The second-order valence-electron chi connectivity index (χ2n) is 6.06. The first-order chi connectivity index (χ1) is 9.11. The van der Waals surface area contributed by atoms with Gasteiger partial charge in [0.25, 0.3) is 0 Å². The number of nitrogens with zero attached hydrogens (tertiary/aromatic N) is 2. The second kappa shape index (κ2) is 6.57. The van der Waals surface area contributed by atoms with Crippen molar-refractivity contribution in [2.45, 2.75) is 50.2 Å². The average molecular weight is 268 g/mol. The van der Waals surface area contributed by atoms with Gasteiger partial charge in [-0.2, -0.15) is 0 Å². The lowest BCUT2D eigenvalue weighted by Crippen LogP contribution is -2.57. The Hall–Kier alpha value is -0.810. The van der Waals surface area contributed by atoms with Crippen LogP contribution in [-0.4, -0.2) is 68.2 Å². The molecule has 0 aromatic rings. The lowest BCUT2D eigenvalue weighted by atomic mass is 9.82. The molecular weight excluding hydrogens is 240 g/mol. The van der Waals surface area contributed by atoms with E-state index in [0.717, 1.165) is 13.1 Å². The molecule has 2 atom stereocenters. The average Bonchev–Trinajstić information content (AvgIpc) is 2.37. The summed E-state index contributed by atoms with van der Waals surface area (Å²) in [6, 6.07) is 2.11. The maximum absolute atomic E-state index is 11.5. The number of carbonyl (C=O) groups excluding carboxylic acids is 1. The van der Waals surface area contributed by atoms with E-state index in [4.69, 9.17) is 0 Å². The van der Waals surface area contributed by atoms with E-state index < -0.39 is 0 Å². The van der Waals surface area contributed by atoms with Gasteiger partial charge in [-0.05, 0) is 32.7 Å². The Morgan fingerprint density at radius 3 is 2.42 bits per heavy atom. The molecule has 2 heterocycles. The van der Waals surface area contributed by atoms with Crippen molar-refractivity contribution < 1.29 is 4.79 Å². The third-order valence-electron chi connectivity index (χ3n) is 4.59. The molecule has 5 heteroatoms. The molecule has 2 bridgehead atoms. The third-order valence-corrected chi connectivity index (χ3v) is 4.59. The number of piperidine rings is 2. The molecule has 2 fully saturated rings. The topological polar surface area (TPSA) is 47.6 Å². The van der Waals surface area contributed by atoms with Crippen LogP contribution in [-0.2, 0) is 0 Å². The van der Waals surface area contributed by atoms with Gasteiger partial charge in [-0.25, -0.2) is 4.79 Å².